The van der Waals surface area contributed by atoms with Crippen LogP contribution in [0.25, 0.3) is 11.0 Å². The van der Waals surface area contributed by atoms with Crippen LogP contribution in [0.3, 0.4) is 0 Å². The van der Waals surface area contributed by atoms with Crippen molar-refractivity contribution in [1.82, 2.24) is 9.55 Å². The molecule has 0 saturated carbocycles. The highest BCUT2D eigenvalue weighted by molar-refractivity contribution is 5.78. The first-order chi connectivity index (χ1) is 11.8. The molecule has 5 heteroatoms. The summed E-state index contributed by atoms with van der Waals surface area (Å²) >= 11 is 0. The average Bonchev–Trinajstić information content (AvgIpc) is 3.21. The Balaban J connectivity index is 1.69. The maximum Gasteiger partial charge on any atom is 0.204 e. The Morgan fingerprint density at radius 3 is 2.79 bits per heavy atom. The van der Waals surface area contributed by atoms with Crippen LogP contribution in [0.1, 0.15) is 11.3 Å². The van der Waals surface area contributed by atoms with Gasteiger partial charge in [-0.25, -0.2) is 9.37 Å². The van der Waals surface area contributed by atoms with Crippen molar-refractivity contribution in [3.8, 4) is 0 Å². The highest BCUT2D eigenvalue weighted by atomic mass is 19.1. The van der Waals surface area contributed by atoms with Crippen LogP contribution in [-0.4, -0.2) is 9.55 Å². The second-order valence-corrected chi connectivity index (χ2v) is 5.57. The lowest BCUT2D eigenvalue weighted by molar-refractivity contribution is 0.517. The molecule has 1 N–H and O–H groups in total. The van der Waals surface area contributed by atoms with Crippen LogP contribution in [0.2, 0.25) is 0 Å². The zero-order valence-corrected chi connectivity index (χ0v) is 12.9. The fraction of sp³-hybridized carbons (Fsp3) is 0.105. The van der Waals surface area contributed by atoms with E-state index >= 15 is 0 Å². The van der Waals surface area contributed by atoms with Crippen molar-refractivity contribution in [2.75, 3.05) is 5.32 Å². The minimum Gasteiger partial charge on any atom is -0.467 e. The summed E-state index contributed by atoms with van der Waals surface area (Å²) in [7, 11) is 0. The standard InChI is InChI=1S/C19H16FN3O/c20-15-6-3-5-14(11-15)13-23-18-9-2-1-8-17(18)22-19(23)21-12-16-7-4-10-24-16/h1-11H,12-13H2,(H,21,22). The van der Waals surface area contributed by atoms with E-state index in [-0.39, 0.29) is 5.82 Å². The predicted molar refractivity (Wildman–Crippen MR) is 91.3 cm³/mol. The van der Waals surface area contributed by atoms with E-state index in [1.54, 1.807) is 18.4 Å². The Morgan fingerprint density at radius 1 is 1.04 bits per heavy atom. The average molecular weight is 321 g/mol. The first-order valence-electron chi connectivity index (χ1n) is 7.75. The van der Waals surface area contributed by atoms with Crippen LogP contribution in [-0.2, 0) is 13.1 Å². The highest BCUT2D eigenvalue weighted by Gasteiger charge is 2.11. The van der Waals surface area contributed by atoms with Crippen LogP contribution in [0.15, 0.2) is 71.3 Å². The van der Waals surface area contributed by atoms with Gasteiger partial charge in [0.05, 0.1) is 30.4 Å². The van der Waals surface area contributed by atoms with Crippen LogP contribution < -0.4 is 5.32 Å². The molecule has 0 unspecified atom stereocenters. The Bertz CT molecular complexity index is 960. The molecule has 0 spiro atoms. The number of para-hydroxylation sites is 2. The molecule has 0 atom stereocenters. The van der Waals surface area contributed by atoms with Gasteiger partial charge in [0.25, 0.3) is 0 Å². The molecule has 120 valence electrons. The van der Waals surface area contributed by atoms with Crippen molar-refractivity contribution in [3.05, 3.63) is 84.1 Å². The number of benzene rings is 2. The number of furan rings is 1. The molecule has 0 amide bonds. The summed E-state index contributed by atoms with van der Waals surface area (Å²) in [6.45, 7) is 1.08. The number of hydrogen-bond acceptors (Lipinski definition) is 3. The van der Waals surface area contributed by atoms with E-state index in [0.717, 1.165) is 28.3 Å². The third-order valence-electron chi connectivity index (χ3n) is 3.89. The van der Waals surface area contributed by atoms with Gasteiger partial charge in [-0.15, -0.1) is 0 Å². The monoisotopic (exact) mass is 321 g/mol. The Labute approximate surface area is 138 Å². The van der Waals surface area contributed by atoms with Gasteiger partial charge in [-0.05, 0) is 42.0 Å². The first kappa shape index (κ1) is 14.5. The molecular weight excluding hydrogens is 305 g/mol. The molecule has 4 nitrogen and oxygen atoms in total. The van der Waals surface area contributed by atoms with Gasteiger partial charge in [-0.3, -0.25) is 0 Å². The molecule has 0 aliphatic rings. The predicted octanol–water partition coefficient (Wildman–Crippen LogP) is 4.43. The zero-order valence-electron chi connectivity index (χ0n) is 12.9. The molecule has 2 heterocycles. The summed E-state index contributed by atoms with van der Waals surface area (Å²) in [6, 6.07) is 18.3. The lowest BCUT2D eigenvalue weighted by Crippen LogP contribution is -2.08. The van der Waals surface area contributed by atoms with Crippen molar-refractivity contribution in [2.45, 2.75) is 13.1 Å². The fourth-order valence-corrected chi connectivity index (χ4v) is 2.77. The lowest BCUT2D eigenvalue weighted by Gasteiger charge is -2.10. The number of aromatic nitrogens is 2. The SMILES string of the molecule is Fc1cccc(Cn2c(NCc3ccco3)nc3ccccc32)c1. The molecule has 2 aromatic heterocycles. The van der Waals surface area contributed by atoms with Gasteiger partial charge in [-0.1, -0.05) is 24.3 Å². The highest BCUT2D eigenvalue weighted by Crippen LogP contribution is 2.22. The van der Waals surface area contributed by atoms with Gasteiger partial charge in [0.2, 0.25) is 5.95 Å². The van der Waals surface area contributed by atoms with Crippen molar-refractivity contribution in [2.24, 2.45) is 0 Å². The van der Waals surface area contributed by atoms with E-state index < -0.39 is 0 Å². The summed E-state index contributed by atoms with van der Waals surface area (Å²) in [5.41, 5.74) is 2.79. The lowest BCUT2D eigenvalue weighted by atomic mass is 10.2. The van der Waals surface area contributed by atoms with Gasteiger partial charge >= 0.3 is 0 Å². The molecule has 2 aromatic carbocycles. The van der Waals surface area contributed by atoms with E-state index in [9.17, 15) is 4.39 Å². The first-order valence-corrected chi connectivity index (χ1v) is 7.75. The molecule has 0 aliphatic heterocycles. The maximum absolute atomic E-state index is 13.5. The van der Waals surface area contributed by atoms with Crippen molar-refractivity contribution < 1.29 is 8.81 Å². The summed E-state index contributed by atoms with van der Waals surface area (Å²) in [6.07, 6.45) is 1.65. The molecule has 0 radical (unpaired) electrons. The maximum atomic E-state index is 13.5. The molecule has 4 aromatic rings. The van der Waals surface area contributed by atoms with E-state index in [0.29, 0.717) is 13.1 Å². The van der Waals surface area contributed by atoms with Gasteiger partial charge in [0.1, 0.15) is 11.6 Å². The number of anilines is 1. The molecule has 0 fully saturated rings. The number of hydrogen-bond donors (Lipinski definition) is 1. The Morgan fingerprint density at radius 2 is 1.96 bits per heavy atom. The second-order valence-electron chi connectivity index (χ2n) is 5.57. The number of nitrogens with zero attached hydrogens (tertiary/aromatic N) is 2. The van der Waals surface area contributed by atoms with Crippen molar-refractivity contribution in [3.63, 3.8) is 0 Å². The summed E-state index contributed by atoms with van der Waals surface area (Å²) in [5, 5.41) is 3.30. The summed E-state index contributed by atoms with van der Waals surface area (Å²) in [5.74, 6) is 1.33. The zero-order chi connectivity index (χ0) is 16.4. The summed E-state index contributed by atoms with van der Waals surface area (Å²) < 4.78 is 20.9. The third kappa shape index (κ3) is 2.88. The Kier molecular flexibility index (Phi) is 3.75. The van der Waals surface area contributed by atoms with Crippen LogP contribution in [0.5, 0.6) is 0 Å². The summed E-state index contributed by atoms with van der Waals surface area (Å²) in [4.78, 5) is 4.65. The largest absolute Gasteiger partial charge is 0.467 e. The molecular formula is C19H16FN3O. The smallest absolute Gasteiger partial charge is 0.204 e. The van der Waals surface area contributed by atoms with Crippen LogP contribution in [0, 0.1) is 5.82 Å². The minimum atomic E-state index is -0.234. The quantitative estimate of drug-likeness (QED) is 0.591. The van der Waals surface area contributed by atoms with Crippen LogP contribution >= 0.6 is 0 Å². The number of nitrogens with one attached hydrogen (secondary N) is 1. The second kappa shape index (κ2) is 6.20. The molecule has 0 saturated heterocycles. The number of rotatable bonds is 5. The number of halogens is 1. The molecule has 0 aliphatic carbocycles. The van der Waals surface area contributed by atoms with Gasteiger partial charge < -0.3 is 14.3 Å². The van der Waals surface area contributed by atoms with Crippen molar-refractivity contribution in [1.29, 1.82) is 0 Å². The van der Waals surface area contributed by atoms with E-state index in [1.807, 2.05) is 47.0 Å². The fourth-order valence-electron chi connectivity index (χ4n) is 2.77. The Hall–Kier alpha value is -3.08. The van der Waals surface area contributed by atoms with E-state index in [2.05, 4.69) is 10.3 Å². The van der Waals surface area contributed by atoms with Gasteiger partial charge in [0.15, 0.2) is 0 Å². The van der Waals surface area contributed by atoms with E-state index in [1.165, 1.54) is 6.07 Å². The van der Waals surface area contributed by atoms with Gasteiger partial charge in [-0.2, -0.15) is 0 Å². The molecule has 24 heavy (non-hydrogen) atoms. The molecule has 4 rings (SSSR count). The third-order valence-corrected chi connectivity index (χ3v) is 3.89. The van der Waals surface area contributed by atoms with Crippen molar-refractivity contribution >= 4 is 17.0 Å². The topological polar surface area (TPSA) is 43.0 Å². The minimum absolute atomic E-state index is 0.234. The number of imidazole rings is 1. The number of fused-ring (bicyclic) bond motifs is 1. The molecule has 0 bridgehead atoms. The van der Waals surface area contributed by atoms with Crippen LogP contribution in [0.4, 0.5) is 10.3 Å². The normalized spacial score (nSPS) is 11.0. The van der Waals surface area contributed by atoms with Gasteiger partial charge in [0, 0.05) is 0 Å². The van der Waals surface area contributed by atoms with E-state index in [4.69, 9.17) is 4.42 Å².